The van der Waals surface area contributed by atoms with Gasteiger partial charge in [-0.2, -0.15) is 4.98 Å². The van der Waals surface area contributed by atoms with Crippen LogP contribution in [0.15, 0.2) is 20.4 Å². The minimum atomic E-state index is -0.621. The van der Waals surface area contributed by atoms with Crippen LogP contribution >= 0.6 is 27.3 Å². The molecule has 16 heavy (non-hydrogen) atoms. The van der Waals surface area contributed by atoms with Gasteiger partial charge in [-0.25, -0.2) is 4.79 Å². The average molecular weight is 303 g/mol. The van der Waals surface area contributed by atoms with Gasteiger partial charge in [-0.15, -0.1) is 11.3 Å². The van der Waals surface area contributed by atoms with Crippen molar-refractivity contribution in [2.24, 2.45) is 0 Å². The Labute approximate surface area is 104 Å². The molecule has 0 bridgehead atoms. The highest BCUT2D eigenvalue weighted by Crippen LogP contribution is 2.24. The van der Waals surface area contributed by atoms with E-state index in [1.807, 2.05) is 11.4 Å². The maximum absolute atomic E-state index is 11.1. The topological polar surface area (TPSA) is 65.2 Å². The summed E-state index contributed by atoms with van der Waals surface area (Å²) < 4.78 is 10.2. The molecule has 0 saturated heterocycles. The fraction of sp³-hybridized carbons (Fsp3) is 0.222. The molecule has 0 aromatic carbocycles. The summed E-state index contributed by atoms with van der Waals surface area (Å²) in [6.07, 6.45) is 0.527. The highest BCUT2D eigenvalue weighted by atomic mass is 79.9. The van der Waals surface area contributed by atoms with Gasteiger partial charge in [0.05, 0.1) is 7.11 Å². The second kappa shape index (κ2) is 4.75. The Morgan fingerprint density at radius 3 is 3.12 bits per heavy atom. The molecule has 2 aromatic heterocycles. The van der Waals surface area contributed by atoms with E-state index in [1.54, 1.807) is 11.3 Å². The van der Waals surface area contributed by atoms with Crippen molar-refractivity contribution in [3.8, 4) is 0 Å². The minimum absolute atomic E-state index is 0.120. The lowest BCUT2D eigenvalue weighted by Crippen LogP contribution is -2.01. The van der Waals surface area contributed by atoms with E-state index in [0.717, 1.165) is 9.35 Å². The molecular formula is C9H7BrN2O3S. The Morgan fingerprint density at radius 1 is 1.69 bits per heavy atom. The molecule has 2 heterocycles. The van der Waals surface area contributed by atoms with Crippen molar-refractivity contribution in [2.75, 3.05) is 7.11 Å². The zero-order valence-corrected chi connectivity index (χ0v) is 10.7. The van der Waals surface area contributed by atoms with E-state index in [1.165, 1.54) is 7.11 Å². The molecule has 7 heteroatoms. The number of carbonyl (C=O) groups excluding carboxylic acids is 1. The number of halogens is 1. The van der Waals surface area contributed by atoms with Crippen LogP contribution in [0.1, 0.15) is 21.4 Å². The molecule has 84 valence electrons. The lowest BCUT2D eigenvalue weighted by molar-refractivity contribution is 0.0545. The maximum atomic E-state index is 11.1. The van der Waals surface area contributed by atoms with Crippen molar-refractivity contribution in [1.82, 2.24) is 10.1 Å². The Hall–Kier alpha value is -1.21. The molecule has 2 aromatic rings. The first-order chi connectivity index (χ1) is 7.70. The molecule has 0 spiro atoms. The molecule has 0 amide bonds. The van der Waals surface area contributed by atoms with E-state index in [2.05, 4.69) is 30.8 Å². The number of aromatic nitrogens is 2. The number of ether oxygens (including phenoxy) is 1. The summed E-state index contributed by atoms with van der Waals surface area (Å²) in [5.41, 5.74) is 0. The van der Waals surface area contributed by atoms with E-state index in [0.29, 0.717) is 12.2 Å². The third kappa shape index (κ3) is 2.30. The molecule has 0 aliphatic heterocycles. The lowest BCUT2D eigenvalue weighted by Gasteiger charge is -1.91. The third-order valence-corrected chi connectivity index (χ3v) is 3.76. The first-order valence-corrected chi connectivity index (χ1v) is 6.00. The van der Waals surface area contributed by atoms with Crippen LogP contribution in [-0.4, -0.2) is 23.2 Å². The van der Waals surface area contributed by atoms with Gasteiger partial charge in [0.25, 0.3) is 0 Å². The summed E-state index contributed by atoms with van der Waals surface area (Å²) in [5.74, 6) is -0.280. The fourth-order valence-corrected chi connectivity index (χ4v) is 2.58. The number of thiophene rings is 1. The highest BCUT2D eigenvalue weighted by Gasteiger charge is 2.16. The summed E-state index contributed by atoms with van der Waals surface area (Å²) in [5, 5.41) is 5.66. The summed E-state index contributed by atoms with van der Waals surface area (Å²) in [6.45, 7) is 0. The second-order valence-corrected chi connectivity index (χ2v) is 4.73. The summed E-state index contributed by atoms with van der Waals surface area (Å²) in [7, 11) is 1.27. The predicted octanol–water partition coefficient (Wildman–Crippen LogP) is 2.27. The van der Waals surface area contributed by atoms with Gasteiger partial charge in [0.2, 0.25) is 0 Å². The smallest absolute Gasteiger partial charge is 0.397 e. The van der Waals surface area contributed by atoms with Gasteiger partial charge >= 0.3 is 11.9 Å². The molecule has 5 nitrogen and oxygen atoms in total. The van der Waals surface area contributed by atoms with Gasteiger partial charge in [-0.3, -0.25) is 0 Å². The average Bonchev–Trinajstić information content (AvgIpc) is 2.89. The number of rotatable bonds is 3. The van der Waals surface area contributed by atoms with E-state index in [4.69, 9.17) is 4.52 Å². The lowest BCUT2D eigenvalue weighted by atomic mass is 10.3. The second-order valence-electron chi connectivity index (χ2n) is 2.88. The van der Waals surface area contributed by atoms with Gasteiger partial charge in [-0.05, 0) is 27.4 Å². The van der Waals surface area contributed by atoms with Crippen molar-refractivity contribution in [3.05, 3.63) is 32.5 Å². The number of carbonyl (C=O) groups is 1. The van der Waals surface area contributed by atoms with Crippen LogP contribution in [-0.2, 0) is 11.2 Å². The molecule has 0 radical (unpaired) electrons. The van der Waals surface area contributed by atoms with Crippen molar-refractivity contribution in [3.63, 3.8) is 0 Å². The SMILES string of the molecule is COC(=O)c1nc(Cc2sccc2Br)no1. The highest BCUT2D eigenvalue weighted by molar-refractivity contribution is 9.10. The van der Waals surface area contributed by atoms with Crippen LogP contribution in [0, 0.1) is 0 Å². The van der Waals surface area contributed by atoms with Crippen molar-refractivity contribution in [2.45, 2.75) is 6.42 Å². The number of hydrogen-bond donors (Lipinski definition) is 0. The molecule has 0 fully saturated rings. The first kappa shape index (κ1) is 11.3. The van der Waals surface area contributed by atoms with Crippen LogP contribution in [0.2, 0.25) is 0 Å². The van der Waals surface area contributed by atoms with Crippen molar-refractivity contribution < 1.29 is 14.1 Å². The maximum Gasteiger partial charge on any atom is 0.397 e. The zero-order chi connectivity index (χ0) is 11.5. The monoisotopic (exact) mass is 302 g/mol. The Balaban J connectivity index is 2.14. The Morgan fingerprint density at radius 2 is 2.50 bits per heavy atom. The normalized spacial score (nSPS) is 10.4. The van der Waals surface area contributed by atoms with Crippen LogP contribution < -0.4 is 0 Å². The van der Waals surface area contributed by atoms with Gasteiger partial charge in [-0.1, -0.05) is 5.16 Å². The molecule has 0 N–H and O–H groups in total. The summed E-state index contributed by atoms with van der Waals surface area (Å²) in [4.78, 5) is 16.1. The molecule has 0 atom stereocenters. The predicted molar refractivity (Wildman–Crippen MR) is 60.5 cm³/mol. The summed E-state index contributed by atoms with van der Waals surface area (Å²) >= 11 is 4.99. The number of hydrogen-bond acceptors (Lipinski definition) is 6. The van der Waals surface area contributed by atoms with E-state index < -0.39 is 5.97 Å². The van der Waals surface area contributed by atoms with E-state index in [9.17, 15) is 4.79 Å². The van der Waals surface area contributed by atoms with Gasteiger partial charge < -0.3 is 9.26 Å². The number of esters is 1. The molecule has 0 unspecified atom stereocenters. The quantitative estimate of drug-likeness (QED) is 0.814. The zero-order valence-electron chi connectivity index (χ0n) is 8.27. The van der Waals surface area contributed by atoms with Gasteiger partial charge in [0.1, 0.15) is 0 Å². The first-order valence-electron chi connectivity index (χ1n) is 4.33. The molecule has 2 rings (SSSR count). The standard InChI is InChI=1S/C9H7BrN2O3S/c1-14-9(13)8-11-7(12-15-8)4-6-5(10)2-3-16-6/h2-3H,4H2,1H3. The number of nitrogens with zero attached hydrogens (tertiary/aromatic N) is 2. The molecule has 0 aliphatic rings. The van der Waals surface area contributed by atoms with Crippen LogP contribution in [0.25, 0.3) is 0 Å². The Kier molecular flexibility index (Phi) is 3.35. The Bertz CT molecular complexity index is 508. The molecule has 0 saturated carbocycles. The summed E-state index contributed by atoms with van der Waals surface area (Å²) in [6, 6.07) is 1.95. The van der Waals surface area contributed by atoms with Gasteiger partial charge in [0, 0.05) is 15.8 Å². The van der Waals surface area contributed by atoms with E-state index in [-0.39, 0.29) is 5.89 Å². The third-order valence-electron chi connectivity index (χ3n) is 1.84. The van der Waals surface area contributed by atoms with Gasteiger partial charge in [0.15, 0.2) is 5.82 Å². The largest absolute Gasteiger partial charge is 0.462 e. The van der Waals surface area contributed by atoms with Crippen molar-refractivity contribution in [1.29, 1.82) is 0 Å². The van der Waals surface area contributed by atoms with Crippen LogP contribution in [0.3, 0.4) is 0 Å². The van der Waals surface area contributed by atoms with Crippen LogP contribution in [0.4, 0.5) is 0 Å². The molecular weight excluding hydrogens is 296 g/mol. The molecule has 0 aliphatic carbocycles. The minimum Gasteiger partial charge on any atom is -0.462 e. The van der Waals surface area contributed by atoms with Crippen molar-refractivity contribution >= 4 is 33.2 Å². The number of methoxy groups -OCH3 is 1. The van der Waals surface area contributed by atoms with Crippen LogP contribution in [0.5, 0.6) is 0 Å². The fourth-order valence-electron chi connectivity index (χ4n) is 1.09. The van der Waals surface area contributed by atoms with E-state index >= 15 is 0 Å².